The lowest BCUT2D eigenvalue weighted by Crippen LogP contribution is -2.46. The lowest BCUT2D eigenvalue weighted by molar-refractivity contribution is 0.0692. The summed E-state index contributed by atoms with van der Waals surface area (Å²) in [6.45, 7) is 3.95. The maximum Gasteiger partial charge on any atom is 0.336 e. The Morgan fingerprint density at radius 3 is 2.47 bits per heavy atom. The normalized spacial score (nSPS) is 18.0. The molecule has 3 heterocycles. The van der Waals surface area contributed by atoms with Gasteiger partial charge in [0.2, 0.25) is 16.6 Å². The van der Waals surface area contributed by atoms with Crippen molar-refractivity contribution in [1.82, 2.24) is 4.90 Å². The molecule has 184 valence electrons. The molecule has 9 nitrogen and oxygen atoms in total. The molecular weight excluding hydrogens is 484 g/mol. The zero-order valence-corrected chi connectivity index (χ0v) is 20.0. The van der Waals surface area contributed by atoms with E-state index in [0.29, 0.717) is 18.8 Å². The van der Waals surface area contributed by atoms with Crippen LogP contribution in [-0.4, -0.2) is 63.1 Å². The molecule has 0 spiro atoms. The van der Waals surface area contributed by atoms with Crippen LogP contribution in [0, 0.1) is 0 Å². The van der Waals surface area contributed by atoms with Gasteiger partial charge >= 0.3 is 5.97 Å². The Morgan fingerprint density at radius 1 is 0.917 bits per heavy atom. The third-order valence-electron chi connectivity index (χ3n) is 6.85. The Labute approximate surface area is 207 Å². The highest BCUT2D eigenvalue weighted by Crippen LogP contribution is 2.38. The summed E-state index contributed by atoms with van der Waals surface area (Å²) in [5.74, 6) is -0.416. The van der Waals surface area contributed by atoms with Crippen molar-refractivity contribution in [3.63, 3.8) is 0 Å². The number of anilines is 1. The van der Waals surface area contributed by atoms with Gasteiger partial charge in [0, 0.05) is 44.0 Å². The van der Waals surface area contributed by atoms with Crippen molar-refractivity contribution in [1.29, 1.82) is 0 Å². The van der Waals surface area contributed by atoms with E-state index < -0.39 is 21.6 Å². The van der Waals surface area contributed by atoms with Crippen LogP contribution in [-0.2, 0) is 16.4 Å². The lowest BCUT2D eigenvalue weighted by atomic mass is 9.97. The topological polar surface area (TPSA) is 113 Å². The summed E-state index contributed by atoms with van der Waals surface area (Å²) in [5, 5.41) is 9.48. The van der Waals surface area contributed by atoms with Gasteiger partial charge in [-0.1, -0.05) is 12.1 Å². The van der Waals surface area contributed by atoms with Crippen molar-refractivity contribution in [2.75, 3.05) is 37.9 Å². The first-order chi connectivity index (χ1) is 17.3. The van der Waals surface area contributed by atoms with E-state index in [9.17, 15) is 23.1 Å². The molecule has 0 aromatic heterocycles. The summed E-state index contributed by atoms with van der Waals surface area (Å²) < 4.78 is 37.6. The monoisotopic (exact) mass is 506 g/mol. The molecule has 36 heavy (non-hydrogen) atoms. The van der Waals surface area contributed by atoms with Crippen molar-refractivity contribution < 1.29 is 32.6 Å². The van der Waals surface area contributed by atoms with E-state index in [1.165, 1.54) is 30.3 Å². The van der Waals surface area contributed by atoms with Crippen LogP contribution in [0.15, 0.2) is 64.4 Å². The van der Waals surface area contributed by atoms with Crippen molar-refractivity contribution in [3.8, 4) is 11.5 Å². The number of carboxylic acid groups (broad SMARTS) is 1. The molecule has 3 aromatic carbocycles. The molecule has 1 fully saturated rings. The van der Waals surface area contributed by atoms with E-state index in [0.717, 1.165) is 36.7 Å². The number of carbonyl (C=O) groups excluding carboxylic acids is 1. The molecule has 0 bridgehead atoms. The molecule has 0 atom stereocenters. The minimum atomic E-state index is -4.05. The number of aromatic carboxylic acids is 1. The predicted octanol–water partition coefficient (Wildman–Crippen LogP) is 2.81. The van der Waals surface area contributed by atoms with E-state index in [4.69, 9.17) is 9.47 Å². The number of ether oxygens (including phenoxy) is 2. The Morgan fingerprint density at radius 2 is 1.69 bits per heavy atom. The van der Waals surface area contributed by atoms with Crippen molar-refractivity contribution in [3.05, 3.63) is 76.9 Å². The molecule has 0 amide bonds. The maximum absolute atomic E-state index is 13.4. The van der Waals surface area contributed by atoms with Crippen LogP contribution in [0.25, 0.3) is 0 Å². The van der Waals surface area contributed by atoms with Gasteiger partial charge in [0.1, 0.15) is 0 Å². The first-order valence-electron chi connectivity index (χ1n) is 11.5. The number of fused-ring (bicyclic) bond motifs is 3. The molecule has 1 N–H and O–H groups in total. The first-order valence-corrected chi connectivity index (χ1v) is 13.0. The van der Waals surface area contributed by atoms with Gasteiger partial charge < -0.3 is 19.5 Å². The summed E-state index contributed by atoms with van der Waals surface area (Å²) in [6.07, 6.45) is 0. The number of hydrogen-bond acceptors (Lipinski definition) is 8. The number of benzene rings is 3. The second-order valence-electron chi connectivity index (χ2n) is 8.95. The third-order valence-corrected chi connectivity index (χ3v) is 8.69. The molecule has 3 aliphatic heterocycles. The van der Waals surface area contributed by atoms with Gasteiger partial charge in [-0.2, -0.15) is 0 Å². The zero-order chi connectivity index (χ0) is 25.0. The second kappa shape index (κ2) is 8.35. The van der Waals surface area contributed by atoms with Crippen LogP contribution < -0.4 is 14.4 Å². The zero-order valence-electron chi connectivity index (χ0n) is 19.1. The number of sulfone groups is 1. The third kappa shape index (κ3) is 3.61. The Bertz CT molecular complexity index is 1530. The number of hydrogen-bond donors (Lipinski definition) is 1. The summed E-state index contributed by atoms with van der Waals surface area (Å²) in [7, 11) is -4.05. The van der Waals surface area contributed by atoms with E-state index in [1.54, 1.807) is 6.07 Å². The Balaban J connectivity index is 1.22. The molecule has 0 radical (unpaired) electrons. The SMILES string of the molecule is O=C(O)c1cccc2c1C(=O)c1ccc(N3CCN(Cc4ccc5c(c4)OCO5)CC3)cc1S2(=O)=O. The van der Waals surface area contributed by atoms with E-state index in [-0.39, 0.29) is 33.3 Å². The van der Waals surface area contributed by atoms with Gasteiger partial charge in [-0.05, 0) is 48.0 Å². The van der Waals surface area contributed by atoms with Crippen molar-refractivity contribution in [2.24, 2.45) is 0 Å². The molecule has 0 saturated carbocycles. The molecular formula is C26H22N2O7S. The number of nitrogens with zero attached hydrogens (tertiary/aromatic N) is 2. The first kappa shape index (κ1) is 22.6. The van der Waals surface area contributed by atoms with Gasteiger partial charge in [0.05, 0.1) is 20.9 Å². The number of ketones is 1. The summed E-state index contributed by atoms with van der Waals surface area (Å²) in [5.41, 5.74) is 1.26. The number of carboxylic acids is 1. The summed E-state index contributed by atoms with van der Waals surface area (Å²) in [4.78, 5) is 28.8. The van der Waals surface area contributed by atoms with Gasteiger partial charge in [0.15, 0.2) is 17.3 Å². The standard InChI is InChI=1S/C26H22N2O7S/c29-25-18-6-5-17(13-23(18)36(32,33)22-3-1-2-19(24(22)25)26(30)31)28-10-8-27(9-11-28)14-16-4-7-20-21(12-16)35-15-34-20/h1-7,12-13H,8-11,14-15H2,(H,30,31). The largest absolute Gasteiger partial charge is 0.478 e. The number of rotatable bonds is 4. The Hall–Kier alpha value is -3.89. The van der Waals surface area contributed by atoms with Gasteiger partial charge in [-0.3, -0.25) is 9.69 Å². The van der Waals surface area contributed by atoms with Crippen molar-refractivity contribution in [2.45, 2.75) is 16.3 Å². The molecule has 1 saturated heterocycles. The van der Waals surface area contributed by atoms with Crippen LogP contribution in [0.1, 0.15) is 31.8 Å². The fraction of sp³-hybridized carbons (Fsp3) is 0.231. The van der Waals surface area contributed by atoms with Crippen LogP contribution in [0.4, 0.5) is 5.69 Å². The molecule has 10 heteroatoms. The van der Waals surface area contributed by atoms with Crippen LogP contribution in [0.5, 0.6) is 11.5 Å². The van der Waals surface area contributed by atoms with Crippen LogP contribution >= 0.6 is 0 Å². The predicted molar refractivity (Wildman–Crippen MR) is 129 cm³/mol. The fourth-order valence-corrected chi connectivity index (χ4v) is 6.69. The number of piperazine rings is 1. The molecule has 0 unspecified atom stereocenters. The Kier molecular flexibility index (Phi) is 5.24. The van der Waals surface area contributed by atoms with Gasteiger partial charge in [-0.15, -0.1) is 0 Å². The van der Waals surface area contributed by atoms with Crippen LogP contribution in [0.3, 0.4) is 0 Å². The quantitative estimate of drug-likeness (QED) is 0.446. The molecule has 3 aliphatic rings. The smallest absolute Gasteiger partial charge is 0.336 e. The lowest BCUT2D eigenvalue weighted by Gasteiger charge is -2.36. The van der Waals surface area contributed by atoms with Crippen molar-refractivity contribution >= 4 is 27.3 Å². The number of carbonyl (C=O) groups is 2. The highest BCUT2D eigenvalue weighted by Gasteiger charge is 2.38. The van der Waals surface area contributed by atoms with Gasteiger partial charge in [-0.25, -0.2) is 13.2 Å². The summed E-state index contributed by atoms with van der Waals surface area (Å²) >= 11 is 0. The average molecular weight is 507 g/mol. The average Bonchev–Trinajstić information content (AvgIpc) is 3.35. The summed E-state index contributed by atoms with van der Waals surface area (Å²) in [6, 6.07) is 14.6. The van der Waals surface area contributed by atoms with Crippen LogP contribution in [0.2, 0.25) is 0 Å². The van der Waals surface area contributed by atoms with E-state index >= 15 is 0 Å². The van der Waals surface area contributed by atoms with E-state index in [2.05, 4.69) is 9.80 Å². The highest BCUT2D eigenvalue weighted by atomic mass is 32.2. The second-order valence-corrected chi connectivity index (χ2v) is 10.8. The van der Waals surface area contributed by atoms with Gasteiger partial charge in [0.25, 0.3) is 0 Å². The molecule has 3 aromatic rings. The highest BCUT2D eigenvalue weighted by molar-refractivity contribution is 7.91. The minimum absolute atomic E-state index is 0.00129. The fourth-order valence-electron chi connectivity index (χ4n) is 5.00. The minimum Gasteiger partial charge on any atom is -0.478 e. The maximum atomic E-state index is 13.4. The van der Waals surface area contributed by atoms with E-state index in [1.807, 2.05) is 18.2 Å². The molecule has 0 aliphatic carbocycles. The molecule has 6 rings (SSSR count).